The third-order valence-electron chi connectivity index (χ3n) is 7.38. The molecule has 2 aromatic carbocycles. The van der Waals surface area contributed by atoms with Gasteiger partial charge in [0, 0.05) is 17.0 Å². The van der Waals surface area contributed by atoms with Gasteiger partial charge in [0.25, 0.3) is 0 Å². The van der Waals surface area contributed by atoms with Crippen molar-refractivity contribution in [3.63, 3.8) is 0 Å². The summed E-state index contributed by atoms with van der Waals surface area (Å²) in [6.45, 7) is 0. The van der Waals surface area contributed by atoms with Crippen LogP contribution in [0.25, 0.3) is 0 Å². The third-order valence-corrected chi connectivity index (χ3v) is 7.92. The van der Waals surface area contributed by atoms with Crippen molar-refractivity contribution in [1.29, 1.82) is 5.26 Å². The van der Waals surface area contributed by atoms with Crippen molar-refractivity contribution in [3.05, 3.63) is 69.5 Å². The molecule has 0 bridgehead atoms. The van der Waals surface area contributed by atoms with Gasteiger partial charge in [0.05, 0.1) is 11.1 Å². The van der Waals surface area contributed by atoms with E-state index in [0.29, 0.717) is 22.9 Å². The highest BCUT2D eigenvalue weighted by Gasteiger charge is 2.60. The molecule has 0 spiro atoms. The minimum atomic E-state index is -5.08. The van der Waals surface area contributed by atoms with E-state index in [9.17, 15) is 28.3 Å². The summed E-state index contributed by atoms with van der Waals surface area (Å²) in [5, 5.41) is 31.5. The van der Waals surface area contributed by atoms with Crippen LogP contribution in [-0.4, -0.2) is 40.4 Å². The van der Waals surface area contributed by atoms with E-state index in [1.165, 1.54) is 18.6 Å². The van der Waals surface area contributed by atoms with Crippen molar-refractivity contribution in [2.45, 2.75) is 68.1 Å². The lowest BCUT2D eigenvalue weighted by molar-refractivity contribution is -0.192. The van der Waals surface area contributed by atoms with Gasteiger partial charge in [0.15, 0.2) is 0 Å². The molecule has 0 amide bonds. The molecule has 4 atom stereocenters. The maximum Gasteiger partial charge on any atom is 0.490 e. The molecule has 2 fully saturated rings. The monoisotopic (exact) mass is 588 g/mol. The van der Waals surface area contributed by atoms with Crippen molar-refractivity contribution in [2.24, 2.45) is 5.92 Å². The molecule has 39 heavy (non-hydrogen) atoms. The predicted molar refractivity (Wildman–Crippen MR) is 136 cm³/mol. The minimum absolute atomic E-state index is 0.0923. The van der Waals surface area contributed by atoms with Gasteiger partial charge in [-0.15, -0.1) is 0 Å². The van der Waals surface area contributed by atoms with E-state index in [1.54, 1.807) is 30.3 Å². The molecule has 6 nitrogen and oxygen atoms in total. The molecule has 3 N–H and O–H groups in total. The fourth-order valence-corrected chi connectivity index (χ4v) is 5.96. The molecule has 1 heterocycles. The molecule has 1 saturated heterocycles. The summed E-state index contributed by atoms with van der Waals surface area (Å²) in [6, 6.07) is 12.3. The molecule has 4 rings (SSSR count). The smallest absolute Gasteiger partial charge is 0.480 e. The first-order valence-electron chi connectivity index (χ1n) is 12.2. The Morgan fingerprint density at radius 2 is 1.64 bits per heavy atom. The predicted octanol–water partition coefficient (Wildman–Crippen LogP) is 6.71. The first-order valence-corrected chi connectivity index (χ1v) is 13.0. The first kappa shape index (κ1) is 30.7. The lowest BCUT2D eigenvalue weighted by Gasteiger charge is -2.36. The normalized spacial score (nSPS) is 25.3. The molecule has 12 heteroatoms. The molecule has 2 aliphatic rings. The van der Waals surface area contributed by atoms with Crippen LogP contribution in [0.15, 0.2) is 42.5 Å². The van der Waals surface area contributed by atoms with Crippen LogP contribution in [0.1, 0.15) is 55.6 Å². The second kappa shape index (κ2) is 12.5. The SMILES string of the molecule is N#C[C@]1(c2ccc(Cl)cc2)[C@H](CC2CCCCC2)N[C@H](C(=O)O)[C@@H]1c1cccc(Cl)c1F.O=C(O)C(F)(F)F. The van der Waals surface area contributed by atoms with Gasteiger partial charge in [-0.2, -0.15) is 18.4 Å². The zero-order valence-corrected chi connectivity index (χ0v) is 22.0. The summed E-state index contributed by atoms with van der Waals surface area (Å²) in [5.41, 5.74) is -0.526. The zero-order chi connectivity index (χ0) is 29.0. The fraction of sp³-hybridized carbons (Fsp3) is 0.444. The number of carboxylic acid groups (broad SMARTS) is 2. The number of hydrogen-bond acceptors (Lipinski definition) is 4. The Morgan fingerprint density at radius 3 is 2.15 bits per heavy atom. The highest BCUT2D eigenvalue weighted by Crippen LogP contribution is 2.51. The van der Waals surface area contributed by atoms with E-state index in [4.69, 9.17) is 33.1 Å². The Morgan fingerprint density at radius 1 is 1.05 bits per heavy atom. The van der Waals surface area contributed by atoms with Gasteiger partial charge in [-0.1, -0.05) is 79.6 Å². The highest BCUT2D eigenvalue weighted by molar-refractivity contribution is 6.31. The molecular formula is C27H26Cl2F4N2O4. The topological polar surface area (TPSA) is 110 Å². The van der Waals surface area contributed by atoms with Crippen LogP contribution in [0.2, 0.25) is 10.0 Å². The quantitative estimate of drug-likeness (QED) is 0.335. The number of nitrogens with one attached hydrogen (secondary N) is 1. The van der Waals surface area contributed by atoms with Crippen LogP contribution >= 0.6 is 23.2 Å². The van der Waals surface area contributed by atoms with E-state index >= 15 is 4.39 Å². The zero-order valence-electron chi connectivity index (χ0n) is 20.5. The molecule has 0 aromatic heterocycles. The number of benzene rings is 2. The summed E-state index contributed by atoms with van der Waals surface area (Å²) in [4.78, 5) is 21.3. The molecule has 1 saturated carbocycles. The van der Waals surface area contributed by atoms with Gasteiger partial charge in [0.1, 0.15) is 17.3 Å². The summed E-state index contributed by atoms with van der Waals surface area (Å²) < 4.78 is 47.0. The van der Waals surface area contributed by atoms with Crippen LogP contribution in [0.4, 0.5) is 17.6 Å². The minimum Gasteiger partial charge on any atom is -0.480 e. The number of nitriles is 1. The van der Waals surface area contributed by atoms with Gasteiger partial charge in [-0.25, -0.2) is 9.18 Å². The van der Waals surface area contributed by atoms with Gasteiger partial charge >= 0.3 is 18.1 Å². The van der Waals surface area contributed by atoms with Crippen LogP contribution in [0, 0.1) is 23.1 Å². The number of hydrogen-bond donors (Lipinski definition) is 3. The number of rotatable bonds is 5. The van der Waals surface area contributed by atoms with Crippen molar-refractivity contribution in [2.75, 3.05) is 0 Å². The van der Waals surface area contributed by atoms with Crippen LogP contribution in [0.3, 0.4) is 0 Å². The molecule has 210 valence electrons. The standard InChI is InChI=1S/C25H25Cl2FN2O2.C2HF3O2/c26-17-11-9-16(10-12-17)25(14-29)20(13-15-5-2-1-3-6-15)30-23(24(31)32)21(25)18-7-4-8-19(27)22(18)28;3-2(4,5)1(6)7/h4,7-12,15,20-21,23,30H,1-3,5-6,13H2,(H,31,32);(H,6,7)/t20-,21-,23-,25-;/m0./s1. The van der Waals surface area contributed by atoms with E-state index in [2.05, 4.69) is 11.4 Å². The van der Waals surface area contributed by atoms with E-state index in [1.807, 2.05) is 0 Å². The summed E-state index contributed by atoms with van der Waals surface area (Å²) in [5.74, 6) is -5.13. The number of halogens is 6. The number of carbonyl (C=O) groups is 2. The van der Waals surface area contributed by atoms with E-state index in [-0.39, 0.29) is 10.6 Å². The van der Waals surface area contributed by atoms with Crippen LogP contribution < -0.4 is 5.32 Å². The number of aliphatic carboxylic acids is 2. The average molecular weight is 589 g/mol. The molecule has 0 radical (unpaired) electrons. The van der Waals surface area contributed by atoms with Crippen molar-refractivity contribution in [1.82, 2.24) is 5.32 Å². The fourth-order valence-electron chi connectivity index (χ4n) is 5.65. The number of nitrogens with zero attached hydrogens (tertiary/aromatic N) is 1. The molecule has 0 unspecified atom stereocenters. The summed E-state index contributed by atoms with van der Waals surface area (Å²) in [7, 11) is 0. The number of carboxylic acids is 2. The van der Waals surface area contributed by atoms with Crippen LogP contribution in [0.5, 0.6) is 0 Å². The van der Waals surface area contributed by atoms with E-state index < -0.39 is 47.3 Å². The van der Waals surface area contributed by atoms with Crippen LogP contribution in [-0.2, 0) is 15.0 Å². The lowest BCUT2D eigenvalue weighted by atomic mass is 9.63. The maximum atomic E-state index is 15.3. The Balaban J connectivity index is 0.000000532. The average Bonchev–Trinajstić information content (AvgIpc) is 3.21. The molecular weight excluding hydrogens is 563 g/mol. The summed E-state index contributed by atoms with van der Waals surface area (Å²) >= 11 is 12.2. The largest absolute Gasteiger partial charge is 0.490 e. The molecule has 1 aliphatic carbocycles. The van der Waals surface area contributed by atoms with E-state index in [0.717, 1.165) is 25.7 Å². The van der Waals surface area contributed by atoms with Gasteiger partial charge in [-0.05, 0) is 41.7 Å². The van der Waals surface area contributed by atoms with Crippen molar-refractivity contribution in [3.8, 4) is 6.07 Å². The maximum absolute atomic E-state index is 15.3. The second-order valence-electron chi connectivity index (χ2n) is 9.69. The van der Waals surface area contributed by atoms with Gasteiger partial charge in [-0.3, -0.25) is 10.1 Å². The third kappa shape index (κ3) is 6.65. The number of alkyl halides is 3. The highest BCUT2D eigenvalue weighted by atomic mass is 35.5. The molecule has 1 aliphatic heterocycles. The van der Waals surface area contributed by atoms with Crippen molar-refractivity contribution < 1.29 is 37.4 Å². The lowest BCUT2D eigenvalue weighted by Crippen LogP contribution is -2.43. The van der Waals surface area contributed by atoms with Crippen molar-refractivity contribution >= 4 is 35.1 Å². The van der Waals surface area contributed by atoms with Gasteiger partial charge in [0.2, 0.25) is 0 Å². The molecule has 2 aromatic rings. The Bertz CT molecular complexity index is 1230. The van der Waals surface area contributed by atoms with Gasteiger partial charge < -0.3 is 10.2 Å². The summed E-state index contributed by atoms with van der Waals surface area (Å²) in [6.07, 6.45) is 1.13. The Labute approximate surface area is 232 Å². The first-order chi connectivity index (χ1) is 18.3. The Kier molecular flexibility index (Phi) is 9.86. The second-order valence-corrected chi connectivity index (χ2v) is 10.5. The Hall–Kier alpha value is -2.87.